The van der Waals surface area contributed by atoms with Crippen LogP contribution < -0.4 is 4.74 Å². The Morgan fingerprint density at radius 2 is 1.79 bits per heavy atom. The van der Waals surface area contributed by atoms with E-state index in [0.717, 1.165) is 11.1 Å². The molecule has 4 nitrogen and oxygen atoms in total. The van der Waals surface area contributed by atoms with Gasteiger partial charge >= 0.3 is 5.97 Å². The van der Waals surface area contributed by atoms with Gasteiger partial charge in [0.2, 0.25) is 5.91 Å². The number of amides is 1. The summed E-state index contributed by atoms with van der Waals surface area (Å²) < 4.78 is 5.25. The average Bonchev–Trinajstić information content (AvgIpc) is 2.55. The van der Waals surface area contributed by atoms with E-state index in [2.05, 4.69) is 0 Å². The molecule has 0 aliphatic carbocycles. The largest absolute Gasteiger partial charge is 0.426 e. The average molecular weight is 323 g/mol. The molecule has 0 heterocycles. The number of hydrogen-bond donors (Lipinski definition) is 0. The molecule has 24 heavy (non-hydrogen) atoms. The summed E-state index contributed by atoms with van der Waals surface area (Å²) in [6.45, 7) is 3.76. The molecule has 0 N–H and O–H groups in total. The molecule has 0 aromatic heterocycles. The molecule has 2 aromatic rings. The lowest BCUT2D eigenvalue weighted by Crippen LogP contribution is -2.24. The smallest absolute Gasteiger partial charge is 0.308 e. The van der Waals surface area contributed by atoms with E-state index in [1.54, 1.807) is 18.0 Å². The lowest BCUT2D eigenvalue weighted by molar-refractivity contribution is -0.132. The number of benzene rings is 2. The first-order valence-electron chi connectivity index (χ1n) is 7.72. The summed E-state index contributed by atoms with van der Waals surface area (Å²) in [7, 11) is 1.75. The second kappa shape index (κ2) is 8.11. The Kier molecular flexibility index (Phi) is 5.90. The molecule has 0 saturated heterocycles. The Labute approximate surface area is 142 Å². The van der Waals surface area contributed by atoms with Crippen molar-refractivity contribution in [2.75, 3.05) is 7.05 Å². The van der Waals surface area contributed by atoms with Crippen LogP contribution in [-0.2, 0) is 16.1 Å². The van der Waals surface area contributed by atoms with Gasteiger partial charge in [-0.05, 0) is 24.1 Å². The van der Waals surface area contributed by atoms with Crippen LogP contribution in [0, 0.1) is 6.92 Å². The van der Waals surface area contributed by atoms with Crippen molar-refractivity contribution in [3.05, 3.63) is 71.3 Å². The van der Waals surface area contributed by atoms with Crippen LogP contribution in [0.4, 0.5) is 0 Å². The van der Waals surface area contributed by atoms with Gasteiger partial charge in [0.15, 0.2) is 0 Å². The normalized spacial score (nSPS) is 10.6. The van der Waals surface area contributed by atoms with Crippen molar-refractivity contribution in [1.82, 2.24) is 4.90 Å². The topological polar surface area (TPSA) is 46.6 Å². The zero-order valence-electron chi connectivity index (χ0n) is 14.2. The van der Waals surface area contributed by atoms with Crippen LogP contribution in [0.15, 0.2) is 54.6 Å². The van der Waals surface area contributed by atoms with E-state index in [1.165, 1.54) is 13.0 Å². The first-order chi connectivity index (χ1) is 11.5. The number of para-hydroxylation sites is 1. The maximum Gasteiger partial charge on any atom is 0.308 e. The molecule has 0 radical (unpaired) electrons. The van der Waals surface area contributed by atoms with Crippen LogP contribution >= 0.6 is 0 Å². The SMILES string of the molecule is CC(=O)Oc1c(C)cccc1/C=C\C(=O)N(C)Cc1ccccc1. The molecular weight excluding hydrogens is 302 g/mol. The van der Waals surface area contributed by atoms with E-state index >= 15 is 0 Å². The van der Waals surface area contributed by atoms with E-state index < -0.39 is 0 Å². The molecule has 0 fully saturated rings. The van der Waals surface area contributed by atoms with E-state index in [4.69, 9.17) is 4.74 Å². The van der Waals surface area contributed by atoms with Crippen molar-refractivity contribution < 1.29 is 14.3 Å². The first kappa shape index (κ1) is 17.5. The summed E-state index contributed by atoms with van der Waals surface area (Å²) >= 11 is 0. The van der Waals surface area contributed by atoms with Gasteiger partial charge in [-0.15, -0.1) is 0 Å². The van der Waals surface area contributed by atoms with Crippen LogP contribution in [0.2, 0.25) is 0 Å². The van der Waals surface area contributed by atoms with Crippen LogP contribution in [0.5, 0.6) is 5.75 Å². The van der Waals surface area contributed by atoms with Gasteiger partial charge < -0.3 is 9.64 Å². The predicted molar refractivity (Wildman–Crippen MR) is 94.4 cm³/mol. The minimum absolute atomic E-state index is 0.117. The number of hydrogen-bond acceptors (Lipinski definition) is 3. The van der Waals surface area contributed by atoms with Crippen molar-refractivity contribution in [1.29, 1.82) is 0 Å². The first-order valence-corrected chi connectivity index (χ1v) is 7.72. The van der Waals surface area contributed by atoms with Crippen molar-refractivity contribution in [2.45, 2.75) is 20.4 Å². The van der Waals surface area contributed by atoms with Crippen LogP contribution in [0.1, 0.15) is 23.6 Å². The Morgan fingerprint density at radius 1 is 1.08 bits per heavy atom. The molecule has 2 aromatic carbocycles. The lowest BCUT2D eigenvalue weighted by atomic mass is 10.1. The highest BCUT2D eigenvalue weighted by atomic mass is 16.5. The predicted octanol–water partition coefficient (Wildman–Crippen LogP) is 3.59. The van der Waals surface area contributed by atoms with Gasteiger partial charge in [-0.25, -0.2) is 0 Å². The molecule has 0 aliphatic rings. The summed E-state index contributed by atoms with van der Waals surface area (Å²) in [5, 5.41) is 0. The van der Waals surface area contributed by atoms with Crippen LogP contribution in [0.25, 0.3) is 6.08 Å². The van der Waals surface area contributed by atoms with Gasteiger partial charge in [-0.2, -0.15) is 0 Å². The maximum absolute atomic E-state index is 12.3. The fourth-order valence-electron chi connectivity index (χ4n) is 2.31. The number of rotatable bonds is 5. The highest BCUT2D eigenvalue weighted by molar-refractivity contribution is 5.92. The summed E-state index contributed by atoms with van der Waals surface area (Å²) in [5.74, 6) is -0.0135. The summed E-state index contributed by atoms with van der Waals surface area (Å²) in [4.78, 5) is 25.1. The van der Waals surface area contributed by atoms with Gasteiger partial charge in [0.05, 0.1) is 0 Å². The zero-order valence-corrected chi connectivity index (χ0v) is 14.2. The van der Waals surface area contributed by atoms with Crippen LogP contribution in [-0.4, -0.2) is 23.8 Å². The molecule has 0 spiro atoms. The number of nitrogens with zero attached hydrogens (tertiary/aromatic N) is 1. The molecule has 0 unspecified atom stereocenters. The van der Waals surface area contributed by atoms with Gasteiger partial charge in [0, 0.05) is 32.2 Å². The number of ether oxygens (including phenoxy) is 1. The second-order valence-corrected chi connectivity index (χ2v) is 5.60. The molecule has 2 rings (SSSR count). The van der Waals surface area contributed by atoms with Gasteiger partial charge in [0.1, 0.15) is 5.75 Å². The molecule has 0 atom stereocenters. The standard InChI is InChI=1S/C20H21NO3/c1-15-8-7-11-18(20(15)24-16(2)22)12-13-19(23)21(3)14-17-9-5-4-6-10-17/h4-13H,14H2,1-3H3/b13-12-. The third-order valence-electron chi connectivity index (χ3n) is 3.53. The van der Waals surface area contributed by atoms with Crippen LogP contribution in [0.3, 0.4) is 0 Å². The lowest BCUT2D eigenvalue weighted by Gasteiger charge is -2.15. The number of likely N-dealkylation sites (N-methyl/N-ethyl adjacent to an activating group) is 1. The molecule has 4 heteroatoms. The number of carbonyl (C=O) groups is 2. The molecule has 0 saturated carbocycles. The molecule has 0 bridgehead atoms. The van der Waals surface area contributed by atoms with Crippen molar-refractivity contribution in [3.8, 4) is 5.75 Å². The Balaban J connectivity index is 2.11. The van der Waals surface area contributed by atoms with Crippen molar-refractivity contribution in [2.24, 2.45) is 0 Å². The monoisotopic (exact) mass is 323 g/mol. The fourth-order valence-corrected chi connectivity index (χ4v) is 2.31. The highest BCUT2D eigenvalue weighted by Gasteiger charge is 2.09. The minimum atomic E-state index is -0.383. The maximum atomic E-state index is 12.3. The van der Waals surface area contributed by atoms with Gasteiger partial charge in [-0.3, -0.25) is 9.59 Å². The van der Waals surface area contributed by atoms with Crippen molar-refractivity contribution >= 4 is 18.0 Å². The Bertz CT molecular complexity index is 751. The van der Waals surface area contributed by atoms with E-state index in [9.17, 15) is 9.59 Å². The quantitative estimate of drug-likeness (QED) is 0.480. The van der Waals surface area contributed by atoms with E-state index in [0.29, 0.717) is 17.9 Å². The number of aryl methyl sites for hydroxylation is 1. The third kappa shape index (κ3) is 4.81. The summed E-state index contributed by atoms with van der Waals surface area (Å²) in [6.07, 6.45) is 3.17. The third-order valence-corrected chi connectivity index (χ3v) is 3.53. The Hall–Kier alpha value is -2.88. The highest BCUT2D eigenvalue weighted by Crippen LogP contribution is 2.25. The van der Waals surface area contributed by atoms with Gasteiger partial charge in [0.25, 0.3) is 0 Å². The molecule has 124 valence electrons. The van der Waals surface area contributed by atoms with E-state index in [1.807, 2.05) is 55.5 Å². The molecule has 1 amide bonds. The summed E-state index contributed by atoms with van der Waals surface area (Å²) in [5.41, 5.74) is 2.61. The number of carbonyl (C=O) groups excluding carboxylic acids is 2. The fraction of sp³-hybridized carbons (Fsp3) is 0.200. The second-order valence-electron chi connectivity index (χ2n) is 5.60. The minimum Gasteiger partial charge on any atom is -0.426 e. The van der Waals surface area contributed by atoms with Gasteiger partial charge in [-0.1, -0.05) is 48.5 Å². The zero-order chi connectivity index (χ0) is 17.5. The molecule has 0 aliphatic heterocycles. The van der Waals surface area contributed by atoms with Crippen molar-refractivity contribution in [3.63, 3.8) is 0 Å². The number of esters is 1. The van der Waals surface area contributed by atoms with E-state index in [-0.39, 0.29) is 11.9 Å². The molecular formula is C20H21NO3. The Morgan fingerprint density at radius 3 is 2.46 bits per heavy atom. The summed E-state index contributed by atoms with van der Waals surface area (Å²) in [6, 6.07) is 15.3.